The van der Waals surface area contributed by atoms with E-state index in [0.29, 0.717) is 30.6 Å². The topological polar surface area (TPSA) is 76.0 Å². The molecule has 1 aliphatic carbocycles. The molecule has 0 aromatic heterocycles. The summed E-state index contributed by atoms with van der Waals surface area (Å²) in [4.78, 5) is 12.3. The van der Waals surface area contributed by atoms with Gasteiger partial charge in [-0.3, -0.25) is 4.79 Å². The summed E-state index contributed by atoms with van der Waals surface area (Å²) in [7, 11) is 0. The highest BCUT2D eigenvalue weighted by atomic mass is 16.5. The Bertz CT molecular complexity index is 513. The van der Waals surface area contributed by atoms with Crippen molar-refractivity contribution in [2.24, 2.45) is 0 Å². The number of ether oxygens (including phenoxy) is 2. The molecule has 3 atom stereocenters. The molecule has 0 bridgehead atoms. The number of Topliss-reactive ketones (excluding diaryl/α,β-unsaturated/α-hetero) is 1. The van der Waals surface area contributed by atoms with Crippen molar-refractivity contribution >= 4 is 5.78 Å². The first-order chi connectivity index (χ1) is 9.50. The Morgan fingerprint density at radius 3 is 2.57 bits per heavy atom. The van der Waals surface area contributed by atoms with Gasteiger partial charge in [0, 0.05) is 24.8 Å². The zero-order chi connectivity index (χ0) is 15.6. The van der Waals surface area contributed by atoms with Gasteiger partial charge in [0.15, 0.2) is 5.78 Å². The normalized spacial score (nSPS) is 38.9. The van der Waals surface area contributed by atoms with E-state index in [9.17, 15) is 15.0 Å². The number of carbonyl (C=O) groups is 1. The molecule has 0 saturated carbocycles. The molecule has 2 N–H and O–H groups in total. The SMILES string of the molecule is CC1(C)CC(=O)C2=C(C[C@]3(O)C[C@H](C(C)(C)O)O[C@H]3C2)O1. The number of fused-ring (bicyclic) bond motifs is 1. The predicted octanol–water partition coefficient (Wildman–Crippen LogP) is 1.46. The van der Waals surface area contributed by atoms with E-state index in [1.165, 1.54) is 0 Å². The van der Waals surface area contributed by atoms with Gasteiger partial charge in [0.25, 0.3) is 0 Å². The van der Waals surface area contributed by atoms with Crippen molar-refractivity contribution < 1.29 is 24.5 Å². The first-order valence-electron chi connectivity index (χ1n) is 7.55. The van der Waals surface area contributed by atoms with Crippen LogP contribution in [0.4, 0.5) is 0 Å². The van der Waals surface area contributed by atoms with Crippen molar-refractivity contribution in [3.05, 3.63) is 11.3 Å². The molecular weight excluding hydrogens is 272 g/mol. The van der Waals surface area contributed by atoms with Gasteiger partial charge in [0.1, 0.15) is 17.0 Å². The molecule has 3 aliphatic rings. The molecule has 0 aromatic carbocycles. The van der Waals surface area contributed by atoms with Crippen LogP contribution in [0.25, 0.3) is 0 Å². The summed E-state index contributed by atoms with van der Waals surface area (Å²) in [6.45, 7) is 7.12. The van der Waals surface area contributed by atoms with Gasteiger partial charge in [0.05, 0.1) is 24.2 Å². The van der Waals surface area contributed by atoms with Gasteiger partial charge in [-0.15, -0.1) is 0 Å². The van der Waals surface area contributed by atoms with E-state index < -0.39 is 29.0 Å². The van der Waals surface area contributed by atoms with Crippen LogP contribution in [-0.4, -0.2) is 45.0 Å². The fraction of sp³-hybridized carbons (Fsp3) is 0.812. The molecule has 0 radical (unpaired) electrons. The lowest BCUT2D eigenvalue weighted by Crippen LogP contribution is -2.47. The molecule has 21 heavy (non-hydrogen) atoms. The quantitative estimate of drug-likeness (QED) is 0.766. The second-order valence-corrected chi connectivity index (χ2v) is 7.82. The number of ketones is 1. The molecule has 0 amide bonds. The largest absolute Gasteiger partial charge is 0.491 e. The zero-order valence-electron chi connectivity index (χ0n) is 13.1. The van der Waals surface area contributed by atoms with Crippen LogP contribution in [0.2, 0.25) is 0 Å². The smallest absolute Gasteiger partial charge is 0.166 e. The van der Waals surface area contributed by atoms with Crippen LogP contribution in [0.1, 0.15) is 53.4 Å². The Kier molecular flexibility index (Phi) is 3.08. The second-order valence-electron chi connectivity index (χ2n) is 7.82. The van der Waals surface area contributed by atoms with Crippen LogP contribution < -0.4 is 0 Å². The lowest BCUT2D eigenvalue weighted by atomic mass is 9.76. The van der Waals surface area contributed by atoms with Crippen molar-refractivity contribution in [3.8, 4) is 0 Å². The minimum absolute atomic E-state index is 0.0820. The van der Waals surface area contributed by atoms with Crippen LogP contribution in [0.3, 0.4) is 0 Å². The number of carbonyl (C=O) groups excluding carboxylic acids is 1. The van der Waals surface area contributed by atoms with Crippen molar-refractivity contribution in [3.63, 3.8) is 0 Å². The first-order valence-corrected chi connectivity index (χ1v) is 7.55. The molecule has 2 heterocycles. The summed E-state index contributed by atoms with van der Waals surface area (Å²) in [5, 5.41) is 21.0. The average molecular weight is 296 g/mol. The molecule has 1 fully saturated rings. The molecule has 0 unspecified atom stereocenters. The third-order valence-electron chi connectivity index (χ3n) is 4.77. The van der Waals surface area contributed by atoms with Gasteiger partial charge in [-0.25, -0.2) is 0 Å². The summed E-state index contributed by atoms with van der Waals surface area (Å²) < 4.78 is 11.8. The van der Waals surface area contributed by atoms with E-state index in [0.717, 1.165) is 0 Å². The monoisotopic (exact) mass is 296 g/mol. The molecule has 118 valence electrons. The van der Waals surface area contributed by atoms with Crippen molar-refractivity contribution in [1.82, 2.24) is 0 Å². The lowest BCUT2D eigenvalue weighted by molar-refractivity contribution is -0.131. The summed E-state index contributed by atoms with van der Waals surface area (Å²) in [5.41, 5.74) is -1.94. The van der Waals surface area contributed by atoms with Gasteiger partial charge in [0.2, 0.25) is 0 Å². The summed E-state index contributed by atoms with van der Waals surface area (Å²) >= 11 is 0. The Morgan fingerprint density at radius 2 is 1.95 bits per heavy atom. The van der Waals surface area contributed by atoms with Crippen LogP contribution in [0.15, 0.2) is 11.3 Å². The molecule has 3 rings (SSSR count). The highest BCUT2D eigenvalue weighted by Crippen LogP contribution is 2.48. The van der Waals surface area contributed by atoms with E-state index in [1.807, 2.05) is 13.8 Å². The first kappa shape index (κ1) is 15.0. The number of aliphatic hydroxyl groups is 2. The fourth-order valence-electron chi connectivity index (χ4n) is 3.58. The van der Waals surface area contributed by atoms with Gasteiger partial charge in [-0.2, -0.15) is 0 Å². The van der Waals surface area contributed by atoms with E-state index in [4.69, 9.17) is 9.47 Å². The van der Waals surface area contributed by atoms with E-state index >= 15 is 0 Å². The maximum Gasteiger partial charge on any atom is 0.166 e. The van der Waals surface area contributed by atoms with Crippen molar-refractivity contribution in [2.75, 3.05) is 0 Å². The molecule has 5 nitrogen and oxygen atoms in total. The van der Waals surface area contributed by atoms with Crippen LogP contribution in [-0.2, 0) is 14.3 Å². The molecule has 0 spiro atoms. The third-order valence-corrected chi connectivity index (χ3v) is 4.77. The molecule has 5 heteroatoms. The molecule has 2 aliphatic heterocycles. The van der Waals surface area contributed by atoms with Gasteiger partial charge < -0.3 is 19.7 Å². The maximum absolute atomic E-state index is 12.3. The number of hydrogen-bond donors (Lipinski definition) is 2. The Balaban J connectivity index is 1.88. The minimum atomic E-state index is -1.06. The average Bonchev–Trinajstić information content (AvgIpc) is 2.61. The molecular formula is C16H24O5. The van der Waals surface area contributed by atoms with Gasteiger partial charge >= 0.3 is 0 Å². The predicted molar refractivity (Wildman–Crippen MR) is 75.6 cm³/mol. The Morgan fingerprint density at radius 1 is 1.29 bits per heavy atom. The van der Waals surface area contributed by atoms with E-state index in [2.05, 4.69) is 0 Å². The number of hydrogen-bond acceptors (Lipinski definition) is 5. The summed E-state index contributed by atoms with van der Waals surface area (Å²) in [6.07, 6.45) is 0.489. The van der Waals surface area contributed by atoms with Crippen molar-refractivity contribution in [2.45, 2.75) is 82.4 Å². The third kappa shape index (κ3) is 2.51. The maximum atomic E-state index is 12.3. The lowest BCUT2D eigenvalue weighted by Gasteiger charge is -2.41. The van der Waals surface area contributed by atoms with E-state index in [1.54, 1.807) is 13.8 Å². The zero-order valence-corrected chi connectivity index (χ0v) is 13.1. The minimum Gasteiger partial charge on any atom is -0.491 e. The van der Waals surface area contributed by atoms with Crippen LogP contribution in [0.5, 0.6) is 0 Å². The van der Waals surface area contributed by atoms with Crippen LogP contribution in [0, 0.1) is 0 Å². The van der Waals surface area contributed by atoms with Gasteiger partial charge in [-0.1, -0.05) is 0 Å². The van der Waals surface area contributed by atoms with Gasteiger partial charge in [-0.05, 0) is 27.7 Å². The Hall–Kier alpha value is -0.910. The summed E-state index contributed by atoms with van der Waals surface area (Å²) in [6, 6.07) is 0. The summed E-state index contributed by atoms with van der Waals surface area (Å²) in [5.74, 6) is 0.689. The molecule has 0 aromatic rings. The number of rotatable bonds is 1. The Labute approximate surface area is 124 Å². The highest BCUT2D eigenvalue weighted by Gasteiger charge is 2.56. The second kappa shape index (κ2) is 4.31. The highest BCUT2D eigenvalue weighted by molar-refractivity contribution is 5.97. The van der Waals surface area contributed by atoms with Crippen LogP contribution >= 0.6 is 0 Å². The standard InChI is InChI=1S/C16H24O5/c1-14(2)6-10(17)9-5-12-16(19,7-11(9)21-14)8-13(20-12)15(3,4)18/h12-13,18-19H,5-8H2,1-4H3/t12-,13+,16-/m0/s1. The van der Waals surface area contributed by atoms with Crippen molar-refractivity contribution in [1.29, 1.82) is 0 Å². The fourth-order valence-corrected chi connectivity index (χ4v) is 3.58. The van der Waals surface area contributed by atoms with E-state index in [-0.39, 0.29) is 12.2 Å². The molecule has 1 saturated heterocycles.